The molecule has 1 aliphatic heterocycles. The zero-order valence-electron chi connectivity index (χ0n) is 16.1. The monoisotopic (exact) mass is 404 g/mol. The molecule has 1 amide bonds. The van der Waals surface area contributed by atoms with Crippen molar-refractivity contribution in [2.75, 3.05) is 16.8 Å². The molecule has 2 heterocycles. The molecule has 0 saturated heterocycles. The van der Waals surface area contributed by atoms with Crippen LogP contribution in [-0.4, -0.2) is 28.4 Å². The maximum Gasteiger partial charge on any atom is 0.221 e. The molecule has 0 saturated carbocycles. The Balaban J connectivity index is 1.60. The number of aryl methyl sites for hydroxylation is 1. The van der Waals surface area contributed by atoms with Gasteiger partial charge in [0.25, 0.3) is 0 Å². The zero-order chi connectivity index (χ0) is 20.5. The fourth-order valence-corrected chi connectivity index (χ4v) is 4.12. The first kappa shape index (κ1) is 18.9. The van der Waals surface area contributed by atoms with E-state index in [9.17, 15) is 9.90 Å². The van der Waals surface area contributed by atoms with Crippen LogP contribution in [0.5, 0.6) is 0 Å². The lowest BCUT2D eigenvalue weighted by molar-refractivity contribution is -0.114. The van der Waals surface area contributed by atoms with Gasteiger partial charge in [0.2, 0.25) is 5.91 Å². The van der Waals surface area contributed by atoms with E-state index in [2.05, 4.69) is 10.3 Å². The predicted octanol–water partition coefficient (Wildman–Crippen LogP) is 4.84. The van der Waals surface area contributed by atoms with Gasteiger partial charge >= 0.3 is 0 Å². The molecule has 1 aliphatic rings. The third-order valence-electron chi connectivity index (χ3n) is 4.65. The summed E-state index contributed by atoms with van der Waals surface area (Å²) in [6, 6.07) is 15.3. The molecular formula is C22H20N4O2S. The molecule has 0 aliphatic carbocycles. The van der Waals surface area contributed by atoms with Crippen LogP contribution in [0.1, 0.15) is 17.5 Å². The second-order valence-corrected chi connectivity index (χ2v) is 7.75. The molecule has 0 radical (unpaired) electrons. The molecule has 0 unspecified atom stereocenters. The second-order valence-electron chi connectivity index (χ2n) is 6.89. The molecule has 0 spiro atoms. The fourth-order valence-electron chi connectivity index (χ4n) is 3.22. The Bertz CT molecular complexity index is 1130. The number of carbonyl (C=O) groups excluding carboxylic acids is 1. The van der Waals surface area contributed by atoms with Gasteiger partial charge in [0.1, 0.15) is 16.6 Å². The van der Waals surface area contributed by atoms with E-state index in [0.29, 0.717) is 16.3 Å². The van der Waals surface area contributed by atoms with E-state index in [0.717, 1.165) is 16.9 Å². The van der Waals surface area contributed by atoms with Gasteiger partial charge in [-0.2, -0.15) is 0 Å². The van der Waals surface area contributed by atoms with E-state index in [4.69, 9.17) is 5.41 Å². The Labute approximate surface area is 172 Å². The van der Waals surface area contributed by atoms with Gasteiger partial charge < -0.3 is 15.3 Å². The van der Waals surface area contributed by atoms with Gasteiger partial charge in [-0.05, 0) is 25.1 Å². The van der Waals surface area contributed by atoms with Crippen molar-refractivity contribution in [1.82, 2.24) is 4.98 Å². The number of thiazole rings is 1. The Morgan fingerprint density at radius 2 is 2.00 bits per heavy atom. The maximum atomic E-state index is 11.3. The van der Waals surface area contributed by atoms with Crippen molar-refractivity contribution in [2.45, 2.75) is 13.8 Å². The van der Waals surface area contributed by atoms with E-state index in [1.807, 2.05) is 48.7 Å². The molecule has 7 heteroatoms. The van der Waals surface area contributed by atoms with Gasteiger partial charge in [0.05, 0.1) is 17.8 Å². The normalized spacial score (nSPS) is 13.9. The summed E-state index contributed by atoms with van der Waals surface area (Å²) < 4.78 is 0. The van der Waals surface area contributed by atoms with Crippen molar-refractivity contribution in [1.29, 1.82) is 5.41 Å². The van der Waals surface area contributed by atoms with E-state index in [1.165, 1.54) is 23.8 Å². The summed E-state index contributed by atoms with van der Waals surface area (Å²) in [5.41, 5.74) is 4.81. The third kappa shape index (κ3) is 3.77. The number of benzene rings is 2. The van der Waals surface area contributed by atoms with Crippen molar-refractivity contribution in [3.8, 4) is 11.3 Å². The second kappa shape index (κ2) is 7.52. The van der Waals surface area contributed by atoms with Crippen LogP contribution in [-0.2, 0) is 4.79 Å². The highest BCUT2D eigenvalue weighted by Crippen LogP contribution is 2.35. The zero-order valence-corrected chi connectivity index (χ0v) is 16.9. The maximum absolute atomic E-state index is 11.3. The quantitative estimate of drug-likeness (QED) is 0.580. The summed E-state index contributed by atoms with van der Waals surface area (Å²) in [6.45, 7) is 3.68. The number of nitrogens with zero attached hydrogens (tertiary/aromatic N) is 2. The minimum Gasteiger partial charge on any atom is -0.510 e. The predicted molar refractivity (Wildman–Crippen MR) is 118 cm³/mol. The molecule has 3 N–H and O–H groups in total. The van der Waals surface area contributed by atoms with Gasteiger partial charge in [-0.1, -0.05) is 35.9 Å². The summed E-state index contributed by atoms with van der Waals surface area (Å²) in [5.74, 6) is 0.142. The van der Waals surface area contributed by atoms with E-state index in [1.54, 1.807) is 17.0 Å². The standard InChI is InChI=1S/C22H20N4O2S/c1-13-6-8-15(9-7-13)18-12-29-22(25-18)20-19(28)11-26(21(20)23)17-5-3-4-16(10-17)24-14(2)27/h3-10,12,23,28H,11H2,1-2H3,(H,24,27). The summed E-state index contributed by atoms with van der Waals surface area (Å²) in [4.78, 5) is 17.7. The number of amidine groups is 1. The molecule has 3 aromatic rings. The highest BCUT2D eigenvalue weighted by molar-refractivity contribution is 7.11. The number of hydrogen-bond acceptors (Lipinski definition) is 5. The summed E-state index contributed by atoms with van der Waals surface area (Å²) in [7, 11) is 0. The van der Waals surface area contributed by atoms with E-state index >= 15 is 0 Å². The SMILES string of the molecule is CC(=O)Nc1cccc(N2CC(O)=C(c3nc(-c4ccc(C)cc4)cs3)C2=N)c1. The lowest BCUT2D eigenvalue weighted by atomic mass is 10.1. The molecular weight excluding hydrogens is 384 g/mol. The van der Waals surface area contributed by atoms with Gasteiger partial charge in [-0.25, -0.2) is 4.98 Å². The number of amides is 1. The van der Waals surface area contributed by atoms with Crippen molar-refractivity contribution >= 4 is 40.0 Å². The lowest BCUT2D eigenvalue weighted by Crippen LogP contribution is -2.26. The Morgan fingerprint density at radius 3 is 2.72 bits per heavy atom. The van der Waals surface area contributed by atoms with Gasteiger partial charge in [0.15, 0.2) is 0 Å². The van der Waals surface area contributed by atoms with Crippen LogP contribution in [0.25, 0.3) is 16.8 Å². The first-order valence-electron chi connectivity index (χ1n) is 9.11. The smallest absolute Gasteiger partial charge is 0.221 e. The Kier molecular flexibility index (Phi) is 4.90. The van der Waals surface area contributed by atoms with Crippen molar-refractivity contribution in [3.05, 3.63) is 70.2 Å². The average Bonchev–Trinajstić information content (AvgIpc) is 3.26. The van der Waals surface area contributed by atoms with Crippen molar-refractivity contribution in [2.24, 2.45) is 0 Å². The molecule has 2 aromatic carbocycles. The van der Waals surface area contributed by atoms with Crippen LogP contribution in [0.2, 0.25) is 0 Å². The van der Waals surface area contributed by atoms with Crippen molar-refractivity contribution < 1.29 is 9.90 Å². The van der Waals surface area contributed by atoms with Crippen molar-refractivity contribution in [3.63, 3.8) is 0 Å². The Morgan fingerprint density at radius 1 is 1.24 bits per heavy atom. The van der Waals surface area contributed by atoms with Gasteiger partial charge in [-0.15, -0.1) is 11.3 Å². The Hall–Kier alpha value is -3.45. The molecule has 1 aromatic heterocycles. The molecule has 0 fully saturated rings. The number of aromatic nitrogens is 1. The molecule has 146 valence electrons. The van der Waals surface area contributed by atoms with Crippen LogP contribution in [0, 0.1) is 12.3 Å². The molecule has 29 heavy (non-hydrogen) atoms. The molecule has 0 atom stereocenters. The number of rotatable bonds is 4. The topological polar surface area (TPSA) is 89.3 Å². The first-order chi connectivity index (χ1) is 13.9. The fraction of sp³-hybridized carbons (Fsp3) is 0.136. The number of aliphatic hydroxyl groups is 1. The number of hydrogen-bond donors (Lipinski definition) is 3. The summed E-state index contributed by atoms with van der Waals surface area (Å²) >= 11 is 1.41. The van der Waals surface area contributed by atoms with Crippen LogP contribution in [0.3, 0.4) is 0 Å². The molecule has 4 rings (SSSR count). The molecule has 0 bridgehead atoms. The number of nitrogens with one attached hydrogen (secondary N) is 2. The van der Waals surface area contributed by atoms with Crippen LogP contribution < -0.4 is 10.2 Å². The summed E-state index contributed by atoms with van der Waals surface area (Å²) in [6.07, 6.45) is 0. The van der Waals surface area contributed by atoms with Crippen LogP contribution in [0.15, 0.2) is 59.7 Å². The van der Waals surface area contributed by atoms with E-state index in [-0.39, 0.29) is 24.0 Å². The van der Waals surface area contributed by atoms with Gasteiger partial charge in [0, 0.05) is 29.2 Å². The summed E-state index contributed by atoms with van der Waals surface area (Å²) in [5, 5.41) is 24.5. The largest absolute Gasteiger partial charge is 0.510 e. The highest BCUT2D eigenvalue weighted by atomic mass is 32.1. The van der Waals surface area contributed by atoms with Crippen LogP contribution in [0.4, 0.5) is 11.4 Å². The lowest BCUT2D eigenvalue weighted by Gasteiger charge is -2.19. The minimum atomic E-state index is -0.160. The molecule has 6 nitrogen and oxygen atoms in total. The average molecular weight is 404 g/mol. The number of aliphatic hydroxyl groups excluding tert-OH is 1. The van der Waals surface area contributed by atoms with E-state index < -0.39 is 0 Å². The minimum absolute atomic E-state index is 0.115. The highest BCUT2D eigenvalue weighted by Gasteiger charge is 2.31. The first-order valence-corrected chi connectivity index (χ1v) is 9.99. The van der Waals surface area contributed by atoms with Gasteiger partial charge in [-0.3, -0.25) is 10.2 Å². The van der Waals surface area contributed by atoms with Crippen LogP contribution >= 0.6 is 11.3 Å². The third-order valence-corrected chi connectivity index (χ3v) is 5.51. The number of anilines is 2. The number of carbonyl (C=O) groups is 1.